The molecule has 1 aliphatic rings. The van der Waals surface area contributed by atoms with Crippen molar-refractivity contribution in [2.24, 2.45) is 5.92 Å². The Kier molecular flexibility index (Phi) is 7.04. The molecule has 0 atom stereocenters. The first-order chi connectivity index (χ1) is 13.1. The highest BCUT2D eigenvalue weighted by Crippen LogP contribution is 2.24. The van der Waals surface area contributed by atoms with Gasteiger partial charge >= 0.3 is 0 Å². The van der Waals surface area contributed by atoms with E-state index in [-0.39, 0.29) is 17.9 Å². The third-order valence-corrected chi connectivity index (χ3v) is 6.10. The quantitative estimate of drug-likeness (QED) is 0.704. The first kappa shape index (κ1) is 19.6. The van der Waals surface area contributed by atoms with Crippen LogP contribution in [-0.2, 0) is 11.2 Å². The summed E-state index contributed by atoms with van der Waals surface area (Å²) in [7, 11) is 0. The molecule has 0 spiro atoms. The van der Waals surface area contributed by atoms with Crippen LogP contribution in [0.25, 0.3) is 0 Å². The molecule has 1 fully saturated rings. The van der Waals surface area contributed by atoms with Crippen LogP contribution in [0.4, 0.5) is 5.69 Å². The summed E-state index contributed by atoms with van der Waals surface area (Å²) < 4.78 is 0. The maximum absolute atomic E-state index is 12.5. The molecule has 1 heterocycles. The van der Waals surface area contributed by atoms with Crippen molar-refractivity contribution in [3.8, 4) is 0 Å². The Bertz CT molecular complexity index is 749. The number of amides is 2. The summed E-state index contributed by atoms with van der Waals surface area (Å²) in [5.41, 5.74) is 1.28. The average Bonchev–Trinajstić information content (AvgIpc) is 3.17. The van der Waals surface area contributed by atoms with Gasteiger partial charge in [0, 0.05) is 28.6 Å². The van der Waals surface area contributed by atoms with E-state index in [9.17, 15) is 9.59 Å². The van der Waals surface area contributed by atoms with Crippen molar-refractivity contribution in [3.63, 3.8) is 0 Å². The van der Waals surface area contributed by atoms with Crippen molar-refractivity contribution in [1.29, 1.82) is 0 Å². The molecular weight excluding hydrogens is 356 g/mol. The molecule has 2 aromatic rings. The zero-order chi connectivity index (χ0) is 19.1. The molecule has 1 aliphatic carbocycles. The van der Waals surface area contributed by atoms with E-state index in [2.05, 4.69) is 29.0 Å². The second-order valence-electron chi connectivity index (χ2n) is 7.49. The Balaban J connectivity index is 1.47. The van der Waals surface area contributed by atoms with Crippen LogP contribution in [0.1, 0.15) is 60.7 Å². The van der Waals surface area contributed by atoms with Crippen molar-refractivity contribution >= 4 is 28.8 Å². The lowest BCUT2D eigenvalue weighted by atomic mass is 9.87. The summed E-state index contributed by atoms with van der Waals surface area (Å²) in [5.74, 6) is 0.699. The van der Waals surface area contributed by atoms with E-state index >= 15 is 0 Å². The van der Waals surface area contributed by atoms with Gasteiger partial charge in [-0.15, -0.1) is 11.3 Å². The molecule has 4 nitrogen and oxygen atoms in total. The summed E-state index contributed by atoms with van der Waals surface area (Å²) >= 11 is 1.72. The van der Waals surface area contributed by atoms with Crippen LogP contribution < -0.4 is 10.6 Å². The lowest BCUT2D eigenvalue weighted by molar-refractivity contribution is -0.116. The minimum absolute atomic E-state index is 0.00891. The Morgan fingerprint density at radius 2 is 1.93 bits per heavy atom. The normalized spacial score (nSPS) is 19.4. The van der Waals surface area contributed by atoms with Gasteiger partial charge in [-0.05, 0) is 74.1 Å². The van der Waals surface area contributed by atoms with Crippen molar-refractivity contribution < 1.29 is 9.59 Å². The summed E-state index contributed by atoms with van der Waals surface area (Å²) in [6.07, 6.45) is 6.68. The van der Waals surface area contributed by atoms with Crippen LogP contribution in [0.5, 0.6) is 0 Å². The maximum Gasteiger partial charge on any atom is 0.251 e. The summed E-state index contributed by atoms with van der Waals surface area (Å²) in [6.45, 7) is 2.27. The zero-order valence-corrected chi connectivity index (χ0v) is 16.7. The monoisotopic (exact) mass is 384 g/mol. The van der Waals surface area contributed by atoms with E-state index in [0.717, 1.165) is 31.6 Å². The number of carbonyl (C=O) groups is 2. The second kappa shape index (κ2) is 9.70. The first-order valence-corrected chi connectivity index (χ1v) is 10.7. The number of thiophene rings is 1. The highest BCUT2D eigenvalue weighted by Gasteiger charge is 2.20. The molecule has 0 unspecified atom stereocenters. The predicted octanol–water partition coefficient (Wildman–Crippen LogP) is 5.02. The van der Waals surface area contributed by atoms with E-state index in [1.807, 2.05) is 18.2 Å². The molecule has 1 aromatic heterocycles. The van der Waals surface area contributed by atoms with Crippen LogP contribution in [0.15, 0.2) is 41.8 Å². The molecule has 144 valence electrons. The number of nitrogens with one attached hydrogen (secondary N) is 2. The molecule has 27 heavy (non-hydrogen) atoms. The molecule has 5 heteroatoms. The Hall–Kier alpha value is -2.14. The van der Waals surface area contributed by atoms with Gasteiger partial charge in [0.2, 0.25) is 5.91 Å². The Morgan fingerprint density at radius 1 is 1.11 bits per heavy atom. The van der Waals surface area contributed by atoms with Gasteiger partial charge in [0.15, 0.2) is 0 Å². The molecule has 0 aliphatic heterocycles. The van der Waals surface area contributed by atoms with E-state index in [4.69, 9.17) is 0 Å². The summed E-state index contributed by atoms with van der Waals surface area (Å²) in [6, 6.07) is 11.6. The Morgan fingerprint density at radius 3 is 2.67 bits per heavy atom. The van der Waals surface area contributed by atoms with E-state index in [0.29, 0.717) is 17.7 Å². The molecule has 0 saturated heterocycles. The lowest BCUT2D eigenvalue weighted by Crippen LogP contribution is -2.37. The molecule has 0 bridgehead atoms. The van der Waals surface area contributed by atoms with E-state index in [1.165, 1.54) is 17.7 Å². The van der Waals surface area contributed by atoms with Gasteiger partial charge in [-0.2, -0.15) is 0 Å². The van der Waals surface area contributed by atoms with Crippen molar-refractivity contribution in [2.45, 2.75) is 57.9 Å². The fourth-order valence-electron chi connectivity index (χ4n) is 3.51. The molecular formula is C22H28N2O2S. The topological polar surface area (TPSA) is 58.2 Å². The highest BCUT2D eigenvalue weighted by molar-refractivity contribution is 7.09. The number of rotatable bonds is 7. The Labute approximate surface area is 165 Å². The van der Waals surface area contributed by atoms with Crippen molar-refractivity contribution in [2.75, 3.05) is 5.32 Å². The molecule has 2 N–H and O–H groups in total. The molecule has 1 saturated carbocycles. The molecule has 0 radical (unpaired) electrons. The summed E-state index contributed by atoms with van der Waals surface area (Å²) in [4.78, 5) is 26.0. The third kappa shape index (κ3) is 6.21. The first-order valence-electron chi connectivity index (χ1n) is 9.83. The van der Waals surface area contributed by atoms with Gasteiger partial charge in [0.25, 0.3) is 5.91 Å². The third-order valence-electron chi connectivity index (χ3n) is 5.17. The average molecular weight is 385 g/mol. The number of carbonyl (C=O) groups excluding carboxylic acids is 2. The van der Waals surface area contributed by atoms with Gasteiger partial charge in [-0.25, -0.2) is 0 Å². The maximum atomic E-state index is 12.5. The summed E-state index contributed by atoms with van der Waals surface area (Å²) in [5, 5.41) is 8.10. The number of anilines is 1. The number of aryl methyl sites for hydroxylation is 1. The lowest BCUT2D eigenvalue weighted by Gasteiger charge is -2.26. The van der Waals surface area contributed by atoms with E-state index < -0.39 is 0 Å². The second-order valence-corrected chi connectivity index (χ2v) is 8.52. The molecule has 1 aromatic carbocycles. The van der Waals surface area contributed by atoms with Gasteiger partial charge < -0.3 is 10.6 Å². The number of hydrogen-bond acceptors (Lipinski definition) is 3. The zero-order valence-electron chi connectivity index (χ0n) is 15.9. The number of hydrogen-bond donors (Lipinski definition) is 2. The fourth-order valence-corrected chi connectivity index (χ4v) is 4.26. The highest BCUT2D eigenvalue weighted by atomic mass is 32.1. The molecule has 2 amide bonds. The van der Waals surface area contributed by atoms with Crippen LogP contribution in [0, 0.1) is 5.92 Å². The SMILES string of the molecule is CC1CCC(NC(=O)c2cccc(NC(=O)CCCc3cccs3)c2)CC1. The van der Waals surface area contributed by atoms with Gasteiger partial charge in [0.1, 0.15) is 0 Å². The van der Waals surface area contributed by atoms with Gasteiger partial charge in [-0.1, -0.05) is 19.1 Å². The smallest absolute Gasteiger partial charge is 0.251 e. The largest absolute Gasteiger partial charge is 0.349 e. The van der Waals surface area contributed by atoms with Gasteiger partial charge in [0.05, 0.1) is 0 Å². The van der Waals surface area contributed by atoms with Crippen LogP contribution in [0.3, 0.4) is 0 Å². The van der Waals surface area contributed by atoms with Gasteiger partial charge in [-0.3, -0.25) is 9.59 Å². The predicted molar refractivity (Wildman–Crippen MR) is 111 cm³/mol. The van der Waals surface area contributed by atoms with Crippen LogP contribution >= 0.6 is 11.3 Å². The van der Waals surface area contributed by atoms with Crippen molar-refractivity contribution in [3.05, 3.63) is 52.2 Å². The standard InChI is InChI=1S/C22H28N2O2S/c1-16-10-12-18(13-11-16)24-22(26)17-5-2-6-19(15-17)23-21(25)9-3-7-20-8-4-14-27-20/h2,4-6,8,14-16,18H,3,7,9-13H2,1H3,(H,23,25)(H,24,26). The van der Waals surface area contributed by atoms with Crippen LogP contribution in [0.2, 0.25) is 0 Å². The number of benzene rings is 1. The fraction of sp³-hybridized carbons (Fsp3) is 0.455. The minimum Gasteiger partial charge on any atom is -0.349 e. The molecule has 3 rings (SSSR count). The minimum atomic E-state index is -0.0525. The van der Waals surface area contributed by atoms with Crippen LogP contribution in [-0.4, -0.2) is 17.9 Å². The van der Waals surface area contributed by atoms with Crippen molar-refractivity contribution in [1.82, 2.24) is 5.32 Å². The van der Waals surface area contributed by atoms with E-state index in [1.54, 1.807) is 23.5 Å².